The lowest BCUT2D eigenvalue weighted by Gasteiger charge is -2.05. The molecule has 0 saturated heterocycles. The molecule has 2 aromatic carbocycles. The summed E-state index contributed by atoms with van der Waals surface area (Å²) in [6, 6.07) is 17.7. The molecule has 0 aliphatic carbocycles. The predicted molar refractivity (Wildman–Crippen MR) is 102 cm³/mol. The van der Waals surface area contributed by atoms with Gasteiger partial charge in [0, 0.05) is 10.6 Å². The van der Waals surface area contributed by atoms with Crippen LogP contribution in [0.3, 0.4) is 0 Å². The summed E-state index contributed by atoms with van der Waals surface area (Å²) in [7, 11) is 0. The standard InChI is InChI=1S/C17H15N3OS3/c1-22-14-10-6-5-9-13(14)15(21)18-16-19-20-17(24-16)23-11-12-7-3-2-4-8-12/h2-10H,11H2,1H3,(H,18,19,21). The van der Waals surface area contributed by atoms with Crippen molar-refractivity contribution in [2.24, 2.45) is 0 Å². The van der Waals surface area contributed by atoms with Crippen molar-refractivity contribution in [3.8, 4) is 0 Å². The van der Waals surface area contributed by atoms with E-state index < -0.39 is 0 Å². The van der Waals surface area contributed by atoms with Gasteiger partial charge in [-0.05, 0) is 24.0 Å². The number of nitrogens with zero attached hydrogens (tertiary/aromatic N) is 2. The van der Waals surface area contributed by atoms with Gasteiger partial charge in [-0.25, -0.2) is 0 Å². The van der Waals surface area contributed by atoms with Gasteiger partial charge in [0.05, 0.1) is 5.56 Å². The Labute approximate surface area is 153 Å². The van der Waals surface area contributed by atoms with Crippen molar-refractivity contribution in [1.29, 1.82) is 0 Å². The second-order valence-corrected chi connectivity index (χ2v) is 7.85. The first-order valence-corrected chi connectivity index (χ1v) is 10.2. The summed E-state index contributed by atoms with van der Waals surface area (Å²) in [4.78, 5) is 13.3. The summed E-state index contributed by atoms with van der Waals surface area (Å²) in [5, 5.41) is 11.5. The van der Waals surface area contributed by atoms with Gasteiger partial charge in [0.1, 0.15) is 0 Å². The van der Waals surface area contributed by atoms with Gasteiger partial charge in [-0.2, -0.15) is 0 Å². The zero-order valence-corrected chi connectivity index (χ0v) is 15.4. The van der Waals surface area contributed by atoms with E-state index in [1.807, 2.05) is 48.7 Å². The van der Waals surface area contributed by atoms with Crippen molar-refractivity contribution in [2.75, 3.05) is 11.6 Å². The molecular formula is C17H15N3OS3. The van der Waals surface area contributed by atoms with Crippen LogP contribution in [0.1, 0.15) is 15.9 Å². The van der Waals surface area contributed by atoms with Crippen molar-refractivity contribution in [2.45, 2.75) is 15.0 Å². The van der Waals surface area contributed by atoms with E-state index in [0.29, 0.717) is 10.7 Å². The van der Waals surface area contributed by atoms with Gasteiger partial charge in [0.2, 0.25) is 5.13 Å². The van der Waals surface area contributed by atoms with Crippen LogP contribution < -0.4 is 5.32 Å². The van der Waals surface area contributed by atoms with Gasteiger partial charge in [-0.3, -0.25) is 10.1 Å². The number of hydrogen-bond acceptors (Lipinski definition) is 6. The lowest BCUT2D eigenvalue weighted by Crippen LogP contribution is -2.12. The summed E-state index contributed by atoms with van der Waals surface area (Å²) in [6.07, 6.45) is 1.95. The fraction of sp³-hybridized carbons (Fsp3) is 0.118. The van der Waals surface area contributed by atoms with Crippen LogP contribution in [0.2, 0.25) is 0 Å². The fourth-order valence-electron chi connectivity index (χ4n) is 2.03. The van der Waals surface area contributed by atoms with Crippen LogP contribution in [0, 0.1) is 0 Å². The van der Waals surface area contributed by atoms with Crippen LogP contribution in [0.4, 0.5) is 5.13 Å². The molecule has 0 radical (unpaired) electrons. The summed E-state index contributed by atoms with van der Waals surface area (Å²) in [6.45, 7) is 0. The highest BCUT2D eigenvalue weighted by Crippen LogP contribution is 2.29. The van der Waals surface area contributed by atoms with E-state index in [1.165, 1.54) is 16.9 Å². The van der Waals surface area contributed by atoms with Crippen LogP contribution in [-0.2, 0) is 5.75 Å². The Kier molecular flexibility index (Phi) is 5.90. The highest BCUT2D eigenvalue weighted by atomic mass is 32.2. The number of hydrogen-bond donors (Lipinski definition) is 1. The van der Waals surface area contributed by atoms with E-state index in [4.69, 9.17) is 0 Å². The number of carbonyl (C=O) groups is 1. The molecule has 1 heterocycles. The SMILES string of the molecule is CSc1ccccc1C(=O)Nc1nnc(SCc2ccccc2)s1. The Balaban J connectivity index is 1.62. The summed E-state index contributed by atoms with van der Waals surface area (Å²) in [5.74, 6) is 0.675. The minimum atomic E-state index is -0.157. The third kappa shape index (κ3) is 4.37. The van der Waals surface area contributed by atoms with Gasteiger partial charge in [0.25, 0.3) is 5.91 Å². The maximum absolute atomic E-state index is 12.4. The Morgan fingerprint density at radius 1 is 1.08 bits per heavy atom. The molecule has 0 atom stereocenters. The van der Waals surface area contributed by atoms with Crippen molar-refractivity contribution in [3.63, 3.8) is 0 Å². The second kappa shape index (κ2) is 8.32. The normalized spacial score (nSPS) is 10.5. The number of aromatic nitrogens is 2. The first-order valence-electron chi connectivity index (χ1n) is 7.21. The van der Waals surface area contributed by atoms with E-state index in [9.17, 15) is 4.79 Å². The summed E-state index contributed by atoms with van der Waals surface area (Å²) < 4.78 is 0.840. The molecule has 7 heteroatoms. The van der Waals surface area contributed by atoms with E-state index in [2.05, 4.69) is 27.6 Å². The van der Waals surface area contributed by atoms with E-state index in [-0.39, 0.29) is 5.91 Å². The number of thioether (sulfide) groups is 2. The van der Waals surface area contributed by atoms with Gasteiger partial charge in [0.15, 0.2) is 4.34 Å². The number of carbonyl (C=O) groups excluding carboxylic acids is 1. The minimum Gasteiger partial charge on any atom is -0.296 e. The third-order valence-corrected chi connectivity index (χ3v) is 6.02. The Morgan fingerprint density at radius 3 is 2.62 bits per heavy atom. The van der Waals surface area contributed by atoms with Crippen molar-refractivity contribution < 1.29 is 4.79 Å². The van der Waals surface area contributed by atoms with Crippen molar-refractivity contribution >= 4 is 45.9 Å². The molecule has 0 fully saturated rings. The van der Waals surface area contributed by atoms with Gasteiger partial charge in [-0.15, -0.1) is 22.0 Å². The maximum atomic E-state index is 12.4. The van der Waals surface area contributed by atoms with Crippen LogP contribution in [-0.4, -0.2) is 22.4 Å². The zero-order chi connectivity index (χ0) is 16.8. The second-order valence-electron chi connectivity index (χ2n) is 4.80. The number of benzene rings is 2. The average molecular weight is 374 g/mol. The predicted octanol–water partition coefficient (Wildman–Crippen LogP) is 4.80. The maximum Gasteiger partial charge on any atom is 0.258 e. The first-order chi connectivity index (χ1) is 11.8. The van der Waals surface area contributed by atoms with Crippen LogP contribution in [0.25, 0.3) is 0 Å². The molecule has 0 spiro atoms. The fourth-order valence-corrected chi connectivity index (χ4v) is 4.33. The molecule has 1 amide bonds. The molecule has 0 saturated carbocycles. The molecule has 0 aliphatic rings. The number of anilines is 1. The third-order valence-electron chi connectivity index (χ3n) is 3.18. The molecule has 1 aromatic heterocycles. The monoisotopic (exact) mass is 373 g/mol. The molecule has 122 valence electrons. The topological polar surface area (TPSA) is 54.9 Å². The molecule has 3 aromatic rings. The van der Waals surface area contributed by atoms with Gasteiger partial charge in [-0.1, -0.05) is 65.6 Å². The molecular weight excluding hydrogens is 358 g/mol. The van der Waals surface area contributed by atoms with E-state index in [1.54, 1.807) is 23.5 Å². The summed E-state index contributed by atoms with van der Waals surface area (Å²) in [5.41, 5.74) is 1.89. The molecule has 1 N–H and O–H groups in total. The smallest absolute Gasteiger partial charge is 0.258 e. The van der Waals surface area contributed by atoms with E-state index >= 15 is 0 Å². The van der Waals surface area contributed by atoms with E-state index in [0.717, 1.165) is 15.0 Å². The largest absolute Gasteiger partial charge is 0.296 e. The highest BCUT2D eigenvalue weighted by molar-refractivity contribution is 8.00. The number of amides is 1. The van der Waals surface area contributed by atoms with Crippen molar-refractivity contribution in [3.05, 3.63) is 65.7 Å². The lowest BCUT2D eigenvalue weighted by atomic mass is 10.2. The van der Waals surface area contributed by atoms with Gasteiger partial charge >= 0.3 is 0 Å². The zero-order valence-electron chi connectivity index (χ0n) is 12.9. The highest BCUT2D eigenvalue weighted by Gasteiger charge is 2.13. The van der Waals surface area contributed by atoms with Crippen molar-refractivity contribution in [1.82, 2.24) is 10.2 Å². The molecule has 24 heavy (non-hydrogen) atoms. The molecule has 0 bridgehead atoms. The average Bonchev–Trinajstić information content (AvgIpc) is 3.08. The Morgan fingerprint density at radius 2 is 1.83 bits per heavy atom. The van der Waals surface area contributed by atoms with Crippen LogP contribution >= 0.6 is 34.9 Å². The number of nitrogens with one attached hydrogen (secondary N) is 1. The lowest BCUT2D eigenvalue weighted by molar-refractivity contribution is 0.102. The molecule has 3 rings (SSSR count). The molecule has 4 nitrogen and oxygen atoms in total. The quantitative estimate of drug-likeness (QED) is 0.497. The van der Waals surface area contributed by atoms with Crippen LogP contribution in [0.5, 0.6) is 0 Å². The molecule has 0 aliphatic heterocycles. The number of rotatable bonds is 6. The summed E-state index contributed by atoms with van der Waals surface area (Å²) >= 11 is 4.55. The molecule has 0 unspecified atom stereocenters. The van der Waals surface area contributed by atoms with Gasteiger partial charge < -0.3 is 0 Å². The Hall–Kier alpha value is -1.83. The first kappa shape index (κ1) is 17.0. The Bertz CT molecular complexity index is 821. The minimum absolute atomic E-state index is 0.157. The van der Waals surface area contributed by atoms with Crippen LogP contribution in [0.15, 0.2) is 63.8 Å².